The number of carbonyl (C=O) groups excluding carboxylic acids is 1. The number of ether oxygens (including phenoxy) is 1. The summed E-state index contributed by atoms with van der Waals surface area (Å²) < 4.78 is 5.34. The molecule has 2 aromatic carbocycles. The lowest BCUT2D eigenvalue weighted by molar-refractivity contribution is 0.0767. The smallest absolute Gasteiger partial charge is 0.253 e. The molecule has 0 atom stereocenters. The maximum atomic E-state index is 12.8. The predicted molar refractivity (Wildman–Crippen MR) is 140 cm³/mol. The van der Waals surface area contributed by atoms with Gasteiger partial charge in [-0.2, -0.15) is 0 Å². The molecule has 0 bridgehead atoms. The highest BCUT2D eigenvalue weighted by molar-refractivity contribution is 5.95. The van der Waals surface area contributed by atoms with Gasteiger partial charge < -0.3 is 14.7 Å². The molecule has 1 aliphatic rings. The van der Waals surface area contributed by atoms with E-state index >= 15 is 0 Å². The van der Waals surface area contributed by atoms with Crippen molar-refractivity contribution in [3.8, 4) is 5.75 Å². The lowest BCUT2D eigenvalue weighted by atomic mass is 9.86. The lowest BCUT2D eigenvalue weighted by Gasteiger charge is -2.21. The Labute approximate surface area is 203 Å². The highest BCUT2D eigenvalue weighted by Crippen LogP contribution is 2.52. The molecule has 0 aliphatic heterocycles. The topological polar surface area (TPSA) is 62.1 Å². The number of hydrogen-bond donors (Lipinski definition) is 1. The van der Waals surface area contributed by atoms with Gasteiger partial charge in [0.1, 0.15) is 5.75 Å². The van der Waals surface area contributed by atoms with E-state index in [-0.39, 0.29) is 17.9 Å². The molecule has 1 saturated carbocycles. The summed E-state index contributed by atoms with van der Waals surface area (Å²) >= 11 is 0. The van der Waals surface area contributed by atoms with Gasteiger partial charge in [0.05, 0.1) is 13.7 Å². The van der Waals surface area contributed by atoms with Gasteiger partial charge in [-0.05, 0) is 78.1 Å². The number of likely N-dealkylation sites (N-methyl/N-ethyl adjacent to an activating group) is 1. The molecule has 5 nitrogen and oxygen atoms in total. The van der Waals surface area contributed by atoms with E-state index in [4.69, 9.17) is 9.73 Å². The summed E-state index contributed by atoms with van der Waals surface area (Å²) in [4.78, 5) is 19.1. The third-order valence-corrected chi connectivity index (χ3v) is 6.73. The van der Waals surface area contributed by atoms with E-state index in [1.165, 1.54) is 18.4 Å². The number of aliphatic hydroxyl groups excluding tert-OH is 1. The Hall–Kier alpha value is -3.18. The molecule has 1 aliphatic carbocycles. The molecular weight excluding hydrogens is 424 g/mol. The molecule has 180 valence electrons. The van der Waals surface area contributed by atoms with Crippen molar-refractivity contribution in [2.75, 3.05) is 27.3 Å². The average molecular weight is 461 g/mol. The van der Waals surface area contributed by atoms with E-state index in [0.29, 0.717) is 18.5 Å². The van der Waals surface area contributed by atoms with Crippen molar-refractivity contribution in [3.05, 3.63) is 83.6 Å². The number of amides is 1. The Morgan fingerprint density at radius 3 is 2.62 bits per heavy atom. The molecule has 5 heteroatoms. The Bertz CT molecular complexity index is 1100. The molecule has 0 spiro atoms. The molecule has 0 radical (unpaired) electrons. The Morgan fingerprint density at radius 2 is 2.00 bits per heavy atom. The highest BCUT2D eigenvalue weighted by atomic mass is 16.5. The second-order valence-corrected chi connectivity index (χ2v) is 9.02. The molecule has 0 heterocycles. The quantitative estimate of drug-likeness (QED) is 0.359. The molecule has 2 aromatic rings. The molecular formula is C29H36N2O3. The Morgan fingerprint density at radius 1 is 1.24 bits per heavy atom. The molecule has 1 N–H and O–H groups in total. The highest BCUT2D eigenvalue weighted by Gasteiger charge is 2.43. The zero-order valence-corrected chi connectivity index (χ0v) is 20.8. The minimum atomic E-state index is -0.0790. The minimum absolute atomic E-state index is 0.0524. The van der Waals surface area contributed by atoms with Gasteiger partial charge in [-0.1, -0.05) is 37.8 Å². The van der Waals surface area contributed by atoms with Crippen LogP contribution in [0.1, 0.15) is 60.2 Å². The molecule has 34 heavy (non-hydrogen) atoms. The third kappa shape index (κ3) is 5.84. The van der Waals surface area contributed by atoms with Crippen molar-refractivity contribution in [3.63, 3.8) is 0 Å². The molecule has 0 unspecified atom stereocenters. The number of allylic oxidation sites excluding steroid dienone is 2. The van der Waals surface area contributed by atoms with Gasteiger partial charge in [-0.25, -0.2) is 0 Å². The van der Waals surface area contributed by atoms with Gasteiger partial charge in [0.2, 0.25) is 0 Å². The summed E-state index contributed by atoms with van der Waals surface area (Å²) in [5.41, 5.74) is 6.22. The number of benzene rings is 2. The van der Waals surface area contributed by atoms with E-state index in [0.717, 1.165) is 34.6 Å². The first-order chi connectivity index (χ1) is 16.4. The summed E-state index contributed by atoms with van der Waals surface area (Å²) in [6.45, 7) is 8.46. The zero-order valence-electron chi connectivity index (χ0n) is 20.8. The molecule has 3 rings (SSSR count). The largest absolute Gasteiger partial charge is 0.497 e. The Kier molecular flexibility index (Phi) is 8.46. The number of nitrogens with zero attached hydrogens (tertiary/aromatic N) is 2. The second-order valence-electron chi connectivity index (χ2n) is 9.02. The fourth-order valence-electron chi connectivity index (χ4n) is 4.38. The van der Waals surface area contributed by atoms with Gasteiger partial charge in [-0.3, -0.25) is 9.79 Å². The van der Waals surface area contributed by atoms with Crippen molar-refractivity contribution in [2.45, 2.75) is 44.9 Å². The lowest BCUT2D eigenvalue weighted by Crippen LogP contribution is -2.29. The summed E-state index contributed by atoms with van der Waals surface area (Å²) in [5.74, 6) is 0.710. The van der Waals surface area contributed by atoms with Crippen molar-refractivity contribution in [1.82, 2.24) is 4.90 Å². The number of aliphatic imine (C=N–C) groups is 1. The first-order valence-electron chi connectivity index (χ1n) is 11.9. The van der Waals surface area contributed by atoms with Gasteiger partial charge in [0.15, 0.2) is 0 Å². The normalized spacial score (nSPS) is 15.1. The number of carbonyl (C=O) groups is 1. The number of aliphatic hydroxyl groups is 1. The minimum Gasteiger partial charge on any atom is -0.497 e. The van der Waals surface area contributed by atoms with Gasteiger partial charge >= 0.3 is 0 Å². The molecule has 1 amide bonds. The maximum absolute atomic E-state index is 12.8. The van der Waals surface area contributed by atoms with E-state index in [1.807, 2.05) is 49.5 Å². The summed E-state index contributed by atoms with van der Waals surface area (Å²) in [5, 5.41) is 9.20. The molecule has 1 fully saturated rings. The summed E-state index contributed by atoms with van der Waals surface area (Å²) in [6, 6.07) is 13.9. The monoisotopic (exact) mass is 460 g/mol. The van der Waals surface area contributed by atoms with Crippen LogP contribution >= 0.6 is 0 Å². The number of rotatable bonds is 11. The standard InChI is InChI=1S/C29H36N2O3/c1-6-22(23-9-8-10-26(19-23)34-5)20-30-21(3)17-25-18-24(28(33)31(4)15-16-32)11-12-27(25)29(7-2)13-14-29/h6,8-12,18-20,32H,1,7,13-17H2,2-5H3/b22-20+,30-21?. The zero-order chi connectivity index (χ0) is 24.7. The van der Waals surface area contributed by atoms with E-state index in [1.54, 1.807) is 25.1 Å². The van der Waals surface area contributed by atoms with Crippen molar-refractivity contribution in [1.29, 1.82) is 0 Å². The maximum Gasteiger partial charge on any atom is 0.253 e. The van der Waals surface area contributed by atoms with Crippen LogP contribution < -0.4 is 4.74 Å². The number of methoxy groups -OCH3 is 1. The van der Waals surface area contributed by atoms with Crippen LogP contribution in [0.5, 0.6) is 5.75 Å². The molecule has 0 saturated heterocycles. The van der Waals surface area contributed by atoms with Gasteiger partial charge in [0, 0.05) is 37.5 Å². The van der Waals surface area contributed by atoms with Crippen molar-refractivity contribution < 1.29 is 14.6 Å². The van der Waals surface area contributed by atoms with Crippen LogP contribution in [-0.2, 0) is 11.8 Å². The van der Waals surface area contributed by atoms with Crippen LogP contribution in [0.4, 0.5) is 0 Å². The van der Waals surface area contributed by atoms with E-state index in [9.17, 15) is 9.90 Å². The fraction of sp³-hybridized carbons (Fsp3) is 0.379. The van der Waals surface area contributed by atoms with E-state index in [2.05, 4.69) is 19.6 Å². The van der Waals surface area contributed by atoms with Crippen LogP contribution in [0.3, 0.4) is 0 Å². The number of hydrogen-bond acceptors (Lipinski definition) is 4. The average Bonchev–Trinajstić information content (AvgIpc) is 3.65. The van der Waals surface area contributed by atoms with Crippen molar-refractivity contribution >= 4 is 17.2 Å². The second kappa shape index (κ2) is 11.3. The predicted octanol–water partition coefficient (Wildman–Crippen LogP) is 5.43. The third-order valence-electron chi connectivity index (χ3n) is 6.73. The molecule has 0 aromatic heterocycles. The van der Waals surface area contributed by atoms with Crippen LogP contribution in [0.2, 0.25) is 0 Å². The van der Waals surface area contributed by atoms with Crippen LogP contribution in [0.15, 0.2) is 66.3 Å². The summed E-state index contributed by atoms with van der Waals surface area (Å²) in [7, 11) is 3.37. The van der Waals surface area contributed by atoms with Gasteiger partial charge in [0.25, 0.3) is 5.91 Å². The summed E-state index contributed by atoms with van der Waals surface area (Å²) in [6.07, 6.45) is 7.75. The van der Waals surface area contributed by atoms with Crippen LogP contribution in [-0.4, -0.2) is 48.9 Å². The first kappa shape index (κ1) is 25.4. The SMILES string of the molecule is C=C/C(=C\N=C(C)Cc1cc(C(=O)N(C)CCO)ccc1C1(CC)CC1)c1cccc(OC)c1. The Balaban J connectivity index is 1.91. The van der Waals surface area contributed by atoms with Crippen LogP contribution in [0.25, 0.3) is 5.57 Å². The fourth-order valence-corrected chi connectivity index (χ4v) is 4.38. The first-order valence-corrected chi connectivity index (χ1v) is 11.9. The van der Waals surface area contributed by atoms with E-state index < -0.39 is 0 Å². The van der Waals surface area contributed by atoms with Gasteiger partial charge in [-0.15, -0.1) is 0 Å². The van der Waals surface area contributed by atoms with Crippen LogP contribution in [0, 0.1) is 0 Å². The van der Waals surface area contributed by atoms with Crippen molar-refractivity contribution in [2.24, 2.45) is 4.99 Å².